The Morgan fingerprint density at radius 3 is 2.50 bits per heavy atom. The van der Waals surface area contributed by atoms with Gasteiger partial charge in [0.15, 0.2) is 6.10 Å². The molecule has 1 aromatic carbocycles. The summed E-state index contributed by atoms with van der Waals surface area (Å²) in [6.07, 6.45) is -0.737. The highest BCUT2D eigenvalue weighted by Crippen LogP contribution is 2.16. The van der Waals surface area contributed by atoms with Crippen LogP contribution in [0, 0.1) is 5.41 Å². The third-order valence-electron chi connectivity index (χ3n) is 3.28. The maximum absolute atomic E-state index is 12.5. The first kappa shape index (κ1) is 22.8. The summed E-state index contributed by atoms with van der Waals surface area (Å²) in [5.41, 5.74) is 0.694. The summed E-state index contributed by atoms with van der Waals surface area (Å²) in [5, 5.41) is 0. The average molecular weight is 393 g/mol. The second-order valence-electron chi connectivity index (χ2n) is 7.30. The first-order valence-corrected chi connectivity index (χ1v) is 10.2. The fourth-order valence-corrected chi connectivity index (χ4v) is 3.05. The fourth-order valence-electron chi connectivity index (χ4n) is 2.02. The van der Waals surface area contributed by atoms with E-state index < -0.39 is 29.5 Å². The number of nitrogens with one attached hydrogen (secondary N) is 1. The molecule has 0 aliphatic rings. The van der Waals surface area contributed by atoms with E-state index in [2.05, 4.69) is 4.72 Å². The number of halogens is 2. The molecule has 0 amide bonds. The van der Waals surface area contributed by atoms with Gasteiger partial charge in [-0.2, -0.15) is 0 Å². The van der Waals surface area contributed by atoms with Crippen LogP contribution < -0.4 is 9.46 Å². The predicted molar refractivity (Wildman–Crippen MR) is 98.3 cm³/mol. The number of benzene rings is 1. The summed E-state index contributed by atoms with van der Waals surface area (Å²) in [5.74, 6) is 0.275. The van der Waals surface area contributed by atoms with Crippen molar-refractivity contribution in [3.05, 3.63) is 29.8 Å². The molecule has 0 saturated carbocycles. The topological polar surface area (TPSA) is 64.6 Å². The maximum atomic E-state index is 12.5. The van der Waals surface area contributed by atoms with E-state index in [1.807, 2.05) is 20.8 Å². The van der Waals surface area contributed by atoms with Crippen molar-refractivity contribution in [2.24, 2.45) is 5.41 Å². The molecule has 0 aromatic heterocycles. The molecular formula is C18H29F2NO4S. The van der Waals surface area contributed by atoms with E-state index in [9.17, 15) is 17.2 Å². The first-order chi connectivity index (χ1) is 12.1. The molecule has 1 N–H and O–H groups in total. The highest BCUT2D eigenvalue weighted by Gasteiger charge is 2.13. The van der Waals surface area contributed by atoms with Gasteiger partial charge >= 0.3 is 0 Å². The summed E-state index contributed by atoms with van der Waals surface area (Å²) in [4.78, 5) is 0. The van der Waals surface area contributed by atoms with Gasteiger partial charge in [-0.15, -0.1) is 0 Å². The van der Waals surface area contributed by atoms with Crippen molar-refractivity contribution in [1.82, 2.24) is 4.72 Å². The number of hydrogen-bond acceptors (Lipinski definition) is 4. The van der Waals surface area contributed by atoms with Crippen LogP contribution in [0.3, 0.4) is 0 Å². The Bertz CT molecular complexity index is 628. The molecule has 0 saturated heterocycles. The van der Waals surface area contributed by atoms with E-state index in [1.54, 1.807) is 24.3 Å². The van der Waals surface area contributed by atoms with Crippen molar-refractivity contribution in [3.8, 4) is 5.75 Å². The van der Waals surface area contributed by atoms with Crippen molar-refractivity contribution in [2.45, 2.75) is 39.8 Å². The smallest absolute Gasteiger partial charge is 0.211 e. The lowest BCUT2D eigenvalue weighted by Crippen LogP contribution is -2.27. The van der Waals surface area contributed by atoms with Gasteiger partial charge in [-0.25, -0.2) is 21.9 Å². The standard InChI is InChI=1S/C18H29F2NO4S/c1-18(2,3)14-24-8-5-9-26(22,23)21-13-15-6-4-7-16(10-15)25-17(11-19)12-20/h4,6-7,10,17,21H,5,8-9,11-14H2,1-3H3. The highest BCUT2D eigenvalue weighted by atomic mass is 32.2. The van der Waals surface area contributed by atoms with Crippen LogP contribution in [-0.4, -0.2) is 46.8 Å². The molecule has 150 valence electrons. The van der Waals surface area contributed by atoms with Gasteiger partial charge in [0.05, 0.1) is 12.4 Å². The first-order valence-electron chi connectivity index (χ1n) is 8.58. The summed E-state index contributed by atoms with van der Waals surface area (Å²) < 4.78 is 62.2. The third-order valence-corrected chi connectivity index (χ3v) is 4.69. The van der Waals surface area contributed by atoms with Crippen molar-refractivity contribution < 1.29 is 26.7 Å². The lowest BCUT2D eigenvalue weighted by molar-refractivity contribution is 0.0720. The Labute approximate surface area is 155 Å². The van der Waals surface area contributed by atoms with E-state index in [1.165, 1.54) is 0 Å². The second-order valence-corrected chi connectivity index (χ2v) is 9.23. The number of rotatable bonds is 12. The van der Waals surface area contributed by atoms with Gasteiger partial charge in [0, 0.05) is 13.2 Å². The van der Waals surface area contributed by atoms with E-state index in [4.69, 9.17) is 9.47 Å². The molecule has 0 unspecified atom stereocenters. The minimum atomic E-state index is -3.43. The third kappa shape index (κ3) is 10.0. The van der Waals surface area contributed by atoms with Crippen molar-refractivity contribution in [1.29, 1.82) is 0 Å². The molecule has 26 heavy (non-hydrogen) atoms. The van der Waals surface area contributed by atoms with E-state index >= 15 is 0 Å². The van der Waals surface area contributed by atoms with Crippen molar-refractivity contribution in [2.75, 3.05) is 32.3 Å². The van der Waals surface area contributed by atoms with Crippen LogP contribution in [0.4, 0.5) is 8.78 Å². The number of ether oxygens (including phenoxy) is 2. The van der Waals surface area contributed by atoms with Crippen LogP contribution >= 0.6 is 0 Å². The molecular weight excluding hydrogens is 364 g/mol. The molecule has 0 radical (unpaired) electrons. The van der Waals surface area contributed by atoms with Crippen molar-refractivity contribution >= 4 is 10.0 Å². The Hall–Kier alpha value is -1.25. The van der Waals surface area contributed by atoms with E-state index in [0.29, 0.717) is 30.9 Å². The van der Waals surface area contributed by atoms with Crippen LogP contribution in [0.2, 0.25) is 0 Å². The SMILES string of the molecule is CC(C)(C)COCCCS(=O)(=O)NCc1cccc(OC(CF)CF)c1. The second kappa shape index (κ2) is 10.8. The molecule has 0 aliphatic carbocycles. The van der Waals surface area contributed by atoms with Gasteiger partial charge in [0.2, 0.25) is 10.0 Å². The summed E-state index contributed by atoms with van der Waals surface area (Å²) >= 11 is 0. The van der Waals surface area contributed by atoms with Crippen LogP contribution in [-0.2, 0) is 21.3 Å². The number of hydrogen-bond donors (Lipinski definition) is 1. The quantitative estimate of drug-likeness (QED) is 0.554. The van der Waals surface area contributed by atoms with Crippen LogP contribution in [0.25, 0.3) is 0 Å². The molecule has 0 fully saturated rings. The van der Waals surface area contributed by atoms with Gasteiger partial charge in [-0.1, -0.05) is 32.9 Å². The highest BCUT2D eigenvalue weighted by molar-refractivity contribution is 7.89. The molecule has 1 rings (SSSR count). The lowest BCUT2D eigenvalue weighted by Gasteiger charge is -2.17. The van der Waals surface area contributed by atoms with Crippen LogP contribution in [0.15, 0.2) is 24.3 Å². The van der Waals surface area contributed by atoms with Crippen LogP contribution in [0.5, 0.6) is 5.75 Å². The zero-order valence-corrected chi connectivity index (χ0v) is 16.5. The van der Waals surface area contributed by atoms with Crippen LogP contribution in [0.1, 0.15) is 32.8 Å². The van der Waals surface area contributed by atoms with Gasteiger partial charge in [-0.3, -0.25) is 0 Å². The molecule has 0 bridgehead atoms. The van der Waals surface area contributed by atoms with E-state index in [-0.39, 0.29) is 17.7 Å². The minimum Gasteiger partial charge on any atom is -0.485 e. The Morgan fingerprint density at radius 1 is 1.19 bits per heavy atom. The molecule has 0 spiro atoms. The number of sulfonamides is 1. The largest absolute Gasteiger partial charge is 0.485 e. The normalized spacial score (nSPS) is 12.5. The Morgan fingerprint density at radius 2 is 1.88 bits per heavy atom. The molecule has 0 aliphatic heterocycles. The minimum absolute atomic E-state index is 0.0287. The fraction of sp³-hybridized carbons (Fsp3) is 0.667. The zero-order valence-electron chi connectivity index (χ0n) is 15.6. The number of alkyl halides is 2. The molecule has 1 aromatic rings. The predicted octanol–water partition coefficient (Wildman–Crippen LogP) is 3.25. The monoisotopic (exact) mass is 393 g/mol. The summed E-state index contributed by atoms with van der Waals surface area (Å²) in [7, 11) is -3.43. The zero-order chi connectivity index (χ0) is 19.6. The Balaban J connectivity index is 2.42. The molecule has 0 heterocycles. The molecule has 0 atom stereocenters. The van der Waals surface area contributed by atoms with Gasteiger partial charge in [0.25, 0.3) is 0 Å². The molecule has 8 heteroatoms. The van der Waals surface area contributed by atoms with Gasteiger partial charge in [-0.05, 0) is 29.5 Å². The van der Waals surface area contributed by atoms with Crippen molar-refractivity contribution in [3.63, 3.8) is 0 Å². The van der Waals surface area contributed by atoms with Gasteiger partial charge in [0.1, 0.15) is 19.1 Å². The van der Waals surface area contributed by atoms with Gasteiger partial charge < -0.3 is 9.47 Å². The summed E-state index contributed by atoms with van der Waals surface area (Å²) in [6.45, 7) is 5.33. The average Bonchev–Trinajstić information content (AvgIpc) is 2.57. The lowest BCUT2D eigenvalue weighted by atomic mass is 9.99. The maximum Gasteiger partial charge on any atom is 0.211 e. The molecule has 5 nitrogen and oxygen atoms in total. The summed E-state index contributed by atoms with van der Waals surface area (Å²) in [6, 6.07) is 6.49. The van der Waals surface area contributed by atoms with E-state index in [0.717, 1.165) is 0 Å². The Kier molecular flexibility index (Phi) is 9.46.